The number of nitrogens with zero attached hydrogens (tertiary/aromatic N) is 11. The Morgan fingerprint density at radius 2 is 0.878 bits per heavy atom. The molecule has 0 unspecified atom stereocenters. The van der Waals surface area contributed by atoms with Crippen LogP contribution in [0, 0.1) is 0 Å². The molecule has 74 heavy (non-hydrogen) atoms. The number of carbonyl (C=O) groups is 8. The van der Waals surface area contributed by atoms with Gasteiger partial charge in [-0.05, 0) is 66.3 Å². The average Bonchev–Trinajstić information content (AvgIpc) is 4.18. The SMILES string of the molecule is CN(C)CCCNC(=O)c1nc(NC(=O)c2nc(NC(=O)c3nc(NC(=O)/C=C/C(=O)Nc4cc(C(=O)Nc5cc(C(=O)Nc6cc(NC(=O)CCCN(C)C)n(C)c6)n(C)c5)n(C)c4)cn3C)cn2C)cn1C. The minimum Gasteiger partial charge on any atom is -0.349 e. The van der Waals surface area contributed by atoms with Crippen LogP contribution in [0.2, 0.25) is 0 Å². The average molecular weight is 1020 g/mol. The molecule has 0 spiro atoms. The molecule has 392 valence electrons. The molecular weight excluding hydrogens is 959 g/mol. The van der Waals surface area contributed by atoms with E-state index < -0.39 is 41.4 Å². The van der Waals surface area contributed by atoms with E-state index in [2.05, 4.69) is 57.5 Å². The largest absolute Gasteiger partial charge is 0.349 e. The molecule has 27 heteroatoms. The van der Waals surface area contributed by atoms with Gasteiger partial charge in [-0.1, -0.05) is 0 Å². The van der Waals surface area contributed by atoms with Crippen molar-refractivity contribution in [3.05, 3.63) is 96.4 Å². The monoisotopic (exact) mass is 1020 g/mol. The number of aromatic nitrogens is 9. The molecule has 0 radical (unpaired) electrons. The van der Waals surface area contributed by atoms with Crippen LogP contribution in [-0.4, -0.2) is 147 Å². The third kappa shape index (κ3) is 14.5. The molecule has 8 N–H and O–H groups in total. The Morgan fingerprint density at radius 1 is 0.459 bits per heavy atom. The molecule has 6 heterocycles. The zero-order chi connectivity index (χ0) is 54.0. The highest BCUT2D eigenvalue weighted by atomic mass is 16.2. The van der Waals surface area contributed by atoms with Crippen LogP contribution >= 0.6 is 0 Å². The van der Waals surface area contributed by atoms with Crippen molar-refractivity contribution in [1.29, 1.82) is 0 Å². The summed E-state index contributed by atoms with van der Waals surface area (Å²) in [5.41, 5.74) is 1.47. The predicted molar refractivity (Wildman–Crippen MR) is 276 cm³/mol. The first kappa shape index (κ1) is 54.2. The van der Waals surface area contributed by atoms with Crippen LogP contribution in [0.1, 0.15) is 72.1 Å². The Morgan fingerprint density at radius 3 is 1.38 bits per heavy atom. The molecule has 0 aliphatic rings. The number of carbonyl (C=O) groups excluding carboxylic acids is 8. The van der Waals surface area contributed by atoms with Crippen molar-refractivity contribution in [2.45, 2.75) is 19.3 Å². The number of aryl methyl sites for hydroxylation is 6. The van der Waals surface area contributed by atoms with Crippen LogP contribution in [0.4, 0.5) is 40.3 Å². The summed E-state index contributed by atoms with van der Waals surface area (Å²) in [7, 11) is 17.5. The van der Waals surface area contributed by atoms with Gasteiger partial charge in [0.15, 0.2) is 17.5 Å². The fraction of sp³-hybridized carbons (Fsp3) is 0.340. The predicted octanol–water partition coefficient (Wildman–Crippen LogP) is 2.01. The van der Waals surface area contributed by atoms with Gasteiger partial charge in [-0.2, -0.15) is 0 Å². The maximum Gasteiger partial charge on any atom is 0.292 e. The van der Waals surface area contributed by atoms with Gasteiger partial charge in [0.2, 0.25) is 35.2 Å². The van der Waals surface area contributed by atoms with Gasteiger partial charge in [0.1, 0.15) is 17.2 Å². The molecule has 0 saturated heterocycles. The van der Waals surface area contributed by atoms with Crippen LogP contribution in [0.15, 0.2) is 67.5 Å². The summed E-state index contributed by atoms with van der Waals surface area (Å²) in [6, 6.07) is 4.59. The number of imidazole rings is 3. The summed E-state index contributed by atoms with van der Waals surface area (Å²) in [6.45, 7) is 2.04. The molecule has 0 atom stereocenters. The van der Waals surface area contributed by atoms with E-state index in [0.717, 1.165) is 31.7 Å². The van der Waals surface area contributed by atoms with Crippen molar-refractivity contribution in [3.63, 3.8) is 0 Å². The van der Waals surface area contributed by atoms with E-state index in [1.165, 1.54) is 62.2 Å². The molecule has 0 bridgehead atoms. The zero-order valence-electron chi connectivity index (χ0n) is 42.8. The van der Waals surface area contributed by atoms with Crippen LogP contribution in [0.3, 0.4) is 0 Å². The molecule has 0 aliphatic carbocycles. The molecule has 8 amide bonds. The molecule has 0 aliphatic heterocycles. The second-order valence-electron chi connectivity index (χ2n) is 17.9. The van der Waals surface area contributed by atoms with Crippen LogP contribution in [0.25, 0.3) is 0 Å². The van der Waals surface area contributed by atoms with Gasteiger partial charge < -0.3 is 79.7 Å². The third-order valence-corrected chi connectivity index (χ3v) is 11.0. The molecule has 0 aromatic carbocycles. The topological polar surface area (TPSA) is 308 Å². The Hall–Kier alpha value is -9.11. The lowest BCUT2D eigenvalue weighted by Gasteiger charge is -2.09. The summed E-state index contributed by atoms with van der Waals surface area (Å²) in [5.74, 6) is -3.71. The lowest BCUT2D eigenvalue weighted by Crippen LogP contribution is -2.29. The lowest BCUT2D eigenvalue weighted by atomic mass is 10.3. The number of nitrogens with one attached hydrogen (secondary N) is 8. The van der Waals surface area contributed by atoms with Gasteiger partial charge in [0.25, 0.3) is 29.5 Å². The Bertz CT molecular complexity index is 3120. The van der Waals surface area contributed by atoms with Gasteiger partial charge >= 0.3 is 0 Å². The fourth-order valence-corrected chi connectivity index (χ4v) is 7.36. The highest BCUT2D eigenvalue weighted by Crippen LogP contribution is 2.22. The second-order valence-corrected chi connectivity index (χ2v) is 17.9. The second kappa shape index (κ2) is 23.9. The van der Waals surface area contributed by atoms with E-state index in [0.29, 0.717) is 36.6 Å². The normalized spacial score (nSPS) is 11.2. The highest BCUT2D eigenvalue weighted by molar-refractivity contribution is 6.10. The van der Waals surface area contributed by atoms with Crippen LogP contribution < -0.4 is 42.5 Å². The maximum absolute atomic E-state index is 13.3. The van der Waals surface area contributed by atoms with Gasteiger partial charge in [-0.15, -0.1) is 0 Å². The summed E-state index contributed by atoms with van der Waals surface area (Å²) in [5, 5.41) is 21.5. The maximum atomic E-state index is 13.3. The third-order valence-electron chi connectivity index (χ3n) is 11.0. The number of hydrogen-bond acceptors (Lipinski definition) is 13. The summed E-state index contributed by atoms with van der Waals surface area (Å²) in [6.07, 6.45) is 12.8. The number of anilines is 7. The zero-order valence-corrected chi connectivity index (χ0v) is 42.8. The van der Waals surface area contributed by atoms with Crippen LogP contribution in [-0.2, 0) is 56.7 Å². The Kier molecular flexibility index (Phi) is 17.5. The van der Waals surface area contributed by atoms with Crippen LogP contribution in [0.5, 0.6) is 0 Å². The fourth-order valence-electron chi connectivity index (χ4n) is 7.36. The molecule has 27 nitrogen and oxygen atoms in total. The van der Waals surface area contributed by atoms with Gasteiger partial charge in [0.05, 0.1) is 17.1 Å². The van der Waals surface area contributed by atoms with E-state index in [4.69, 9.17) is 0 Å². The lowest BCUT2D eigenvalue weighted by molar-refractivity contribution is -0.116. The highest BCUT2D eigenvalue weighted by Gasteiger charge is 2.23. The number of rotatable bonds is 22. The van der Waals surface area contributed by atoms with E-state index in [1.54, 1.807) is 62.8 Å². The Balaban J connectivity index is 0.962. The summed E-state index contributed by atoms with van der Waals surface area (Å²) in [4.78, 5) is 120. The molecule has 6 aromatic heterocycles. The van der Waals surface area contributed by atoms with E-state index in [-0.39, 0.29) is 57.9 Å². The summed E-state index contributed by atoms with van der Waals surface area (Å²) < 4.78 is 8.96. The van der Waals surface area contributed by atoms with Crippen molar-refractivity contribution < 1.29 is 38.4 Å². The van der Waals surface area contributed by atoms with E-state index >= 15 is 0 Å². The van der Waals surface area contributed by atoms with Gasteiger partial charge in [-0.3, -0.25) is 38.4 Å². The van der Waals surface area contributed by atoms with E-state index in [9.17, 15) is 38.4 Å². The standard InChI is InChI=1S/C47H61N19O8/c1-59(2)17-11-13-37(67)58-36-21-30(24-63(36)7)51-44(71)32-20-29(23-62(32)6)50-43(70)31-19-28(22-61(31)5)49-38(68)14-15-39(69)52-33-25-65(9)41(53-33)46(73)57-35-27-66(10)42(55-35)47(74)56-34-26-64(8)40(54-34)45(72)48-16-12-18-60(3)4/h14-15,19-27H,11-13,16-18H2,1-10H3,(H,48,72)(H,49,68)(H,50,70)(H,51,71)(H,52,69)(H,56,74)(H,57,73)(H,58,67)/b15-14+. The van der Waals surface area contributed by atoms with E-state index in [1.807, 2.05) is 38.0 Å². The Labute approximate surface area is 425 Å². The summed E-state index contributed by atoms with van der Waals surface area (Å²) >= 11 is 0. The first-order valence-corrected chi connectivity index (χ1v) is 23.1. The van der Waals surface area contributed by atoms with Crippen molar-refractivity contribution in [2.75, 3.05) is 85.0 Å². The quantitative estimate of drug-likeness (QED) is 0.0357. The van der Waals surface area contributed by atoms with Crippen molar-refractivity contribution in [3.8, 4) is 0 Å². The minimum absolute atomic E-state index is 0.00534. The van der Waals surface area contributed by atoms with Gasteiger partial charge in [-0.25, -0.2) is 15.0 Å². The first-order valence-electron chi connectivity index (χ1n) is 23.1. The molecule has 0 saturated carbocycles. The number of hydrogen-bond donors (Lipinski definition) is 8. The first-order chi connectivity index (χ1) is 35.0. The molecule has 6 aromatic rings. The number of amides is 8. The van der Waals surface area contributed by atoms with Crippen molar-refractivity contribution >= 4 is 87.6 Å². The smallest absolute Gasteiger partial charge is 0.292 e. The van der Waals surface area contributed by atoms with Gasteiger partial charge in [0, 0.05) is 111 Å². The molecule has 6 rings (SSSR count). The minimum atomic E-state index is -0.737. The molecule has 0 fully saturated rings. The molecular formula is C47H61N19O8. The van der Waals surface area contributed by atoms with Crippen molar-refractivity contribution in [2.24, 2.45) is 42.3 Å². The van der Waals surface area contributed by atoms with Crippen molar-refractivity contribution in [1.82, 2.24) is 57.5 Å².